The number of rotatable bonds is 7. The standard InChI is InChI=1S/C44H41.C13H10.2ClH.Zr/c1-43(2,3)34-26-33-27-36-38(30-24-16-17-25-30)42(44(4,5)6)40(32-22-14-9-15-23-32)39(31-20-12-8-13-21-31)41(36)37(33)35(28-34)29-18-10-7-11-19-29;1-3-7-12(8-4-1)11-13-9-5-2-6-10-13;;;/h7-24,26-28H,25H2,1-6H3;1-10H;2*1H;/q;;;;+2/p-2. The van der Waals surface area contributed by atoms with Gasteiger partial charge in [0, 0.05) is 0 Å². The molecule has 2 aliphatic carbocycles. The fourth-order valence-electron chi connectivity index (χ4n) is 9.26. The first-order valence-corrected chi connectivity index (χ1v) is 23.4. The van der Waals surface area contributed by atoms with Gasteiger partial charge in [-0.2, -0.15) is 0 Å². The van der Waals surface area contributed by atoms with Gasteiger partial charge < -0.3 is 24.8 Å². The molecule has 0 bridgehead atoms. The summed E-state index contributed by atoms with van der Waals surface area (Å²) in [4.78, 5) is 0. The van der Waals surface area contributed by atoms with Gasteiger partial charge >= 0.3 is 359 Å². The predicted octanol–water partition coefficient (Wildman–Crippen LogP) is 9.06. The van der Waals surface area contributed by atoms with E-state index in [2.05, 4.69) is 224 Å². The number of hydrogen-bond acceptors (Lipinski definition) is 0. The second-order valence-electron chi connectivity index (χ2n) is 17.9. The van der Waals surface area contributed by atoms with Gasteiger partial charge in [-0.3, -0.25) is 0 Å². The maximum absolute atomic E-state index is 2.64. The van der Waals surface area contributed by atoms with Gasteiger partial charge in [0.2, 0.25) is 0 Å². The molecule has 0 heterocycles. The Bertz CT molecular complexity index is 2670. The summed E-state index contributed by atoms with van der Waals surface area (Å²) in [7, 11) is 0. The minimum Gasteiger partial charge on any atom is -1.00 e. The van der Waals surface area contributed by atoms with Crippen molar-refractivity contribution in [3.63, 3.8) is 0 Å². The van der Waals surface area contributed by atoms with E-state index in [1.165, 1.54) is 83.5 Å². The summed E-state index contributed by atoms with van der Waals surface area (Å²) in [5.41, 5.74) is 22.1. The van der Waals surface area contributed by atoms with Gasteiger partial charge in [0.1, 0.15) is 0 Å². The van der Waals surface area contributed by atoms with Crippen LogP contribution in [-0.4, -0.2) is 3.21 Å². The maximum Gasteiger partial charge on any atom is -1.00 e. The van der Waals surface area contributed by atoms with Gasteiger partial charge in [-0.25, -0.2) is 0 Å². The number of benzene rings is 7. The smallest absolute Gasteiger partial charge is 1.00 e. The van der Waals surface area contributed by atoms with E-state index >= 15 is 0 Å². The van der Waals surface area contributed by atoms with Crippen LogP contribution in [0.1, 0.15) is 90.5 Å². The molecule has 0 radical (unpaired) electrons. The summed E-state index contributed by atoms with van der Waals surface area (Å²) in [6.45, 7) is 14.5. The van der Waals surface area contributed by atoms with Crippen molar-refractivity contribution in [3.05, 3.63) is 221 Å². The van der Waals surface area contributed by atoms with Crippen molar-refractivity contribution in [2.24, 2.45) is 0 Å². The van der Waals surface area contributed by atoms with Gasteiger partial charge in [-0.05, 0) is 0 Å². The van der Waals surface area contributed by atoms with Crippen LogP contribution in [0, 0.1) is 0 Å². The minimum absolute atomic E-state index is 0. The Morgan fingerprint density at radius 2 is 0.983 bits per heavy atom. The molecule has 0 saturated carbocycles. The molecule has 297 valence electrons. The third-order valence-corrected chi connectivity index (χ3v) is 16.2. The van der Waals surface area contributed by atoms with Crippen molar-refractivity contribution in [2.75, 3.05) is 0 Å². The first-order chi connectivity index (χ1) is 28.1. The third kappa shape index (κ3) is 8.10. The van der Waals surface area contributed by atoms with Crippen molar-refractivity contribution >= 4 is 8.78 Å². The van der Waals surface area contributed by atoms with Crippen LogP contribution in [0.5, 0.6) is 0 Å². The van der Waals surface area contributed by atoms with Gasteiger partial charge in [-0.1, -0.05) is 0 Å². The Morgan fingerprint density at radius 1 is 0.500 bits per heavy atom. The molecule has 0 nitrogen and oxygen atoms in total. The molecule has 0 aromatic heterocycles. The Kier molecular flexibility index (Phi) is 12.9. The zero-order chi connectivity index (χ0) is 40.0. The van der Waals surface area contributed by atoms with E-state index in [1.807, 2.05) is 0 Å². The number of fused-ring (bicyclic) bond motifs is 3. The molecule has 0 amide bonds. The molecule has 1 atom stereocenters. The Balaban J connectivity index is 0.00000272. The first kappa shape index (κ1) is 43.4. The van der Waals surface area contributed by atoms with Gasteiger partial charge in [0.05, 0.1) is 0 Å². The summed E-state index contributed by atoms with van der Waals surface area (Å²) < 4.78 is 1.81. The van der Waals surface area contributed by atoms with E-state index in [4.69, 9.17) is 0 Å². The second-order valence-corrected chi connectivity index (χ2v) is 21.2. The van der Waals surface area contributed by atoms with Crippen LogP contribution in [0.2, 0.25) is 0 Å². The summed E-state index contributed by atoms with van der Waals surface area (Å²) >= 11 is -1.51. The molecular weight excluding hydrogens is 847 g/mol. The normalized spacial score (nSPS) is 14.0. The fourth-order valence-corrected chi connectivity index (χ4v) is 13.6. The zero-order valence-electron chi connectivity index (χ0n) is 35.4. The average molecular weight is 898 g/mol. The fraction of sp³-hybridized carbons (Fsp3) is 0.175. The zero-order valence-corrected chi connectivity index (χ0v) is 39.3. The summed E-state index contributed by atoms with van der Waals surface area (Å²) in [6, 6.07) is 61.6. The molecule has 0 aliphatic heterocycles. The molecule has 7 aromatic rings. The number of hydrogen-bond donors (Lipinski definition) is 0. The van der Waals surface area contributed by atoms with E-state index in [1.54, 1.807) is 8.77 Å². The molecule has 3 heteroatoms. The van der Waals surface area contributed by atoms with Crippen molar-refractivity contribution in [1.29, 1.82) is 0 Å². The maximum atomic E-state index is 2.64. The predicted molar refractivity (Wildman–Crippen MR) is 245 cm³/mol. The molecular formula is C57H51Cl2Zr. The molecule has 0 fully saturated rings. The molecule has 9 rings (SSSR count). The van der Waals surface area contributed by atoms with Crippen LogP contribution in [0.3, 0.4) is 0 Å². The van der Waals surface area contributed by atoms with Crippen molar-refractivity contribution in [3.8, 4) is 44.5 Å². The Hall–Kier alpha value is -4.65. The topological polar surface area (TPSA) is 0 Å². The van der Waals surface area contributed by atoms with Crippen molar-refractivity contribution < 1.29 is 47.6 Å². The third-order valence-electron chi connectivity index (χ3n) is 11.9. The molecule has 0 saturated heterocycles. The van der Waals surface area contributed by atoms with E-state index in [0.29, 0.717) is 0 Å². The largest absolute Gasteiger partial charge is 1.00 e. The summed E-state index contributed by atoms with van der Waals surface area (Å²) in [5.74, 6) is 0. The van der Waals surface area contributed by atoms with Crippen LogP contribution in [0.25, 0.3) is 50.1 Å². The molecule has 7 aromatic carbocycles. The Morgan fingerprint density at radius 3 is 1.45 bits per heavy atom. The average Bonchev–Trinajstić information content (AvgIpc) is 3.90. The molecule has 60 heavy (non-hydrogen) atoms. The van der Waals surface area contributed by atoms with Crippen LogP contribution < -0.4 is 24.8 Å². The molecule has 0 spiro atoms. The van der Waals surface area contributed by atoms with Gasteiger partial charge in [0.15, 0.2) is 0 Å². The minimum atomic E-state index is -1.51. The number of allylic oxidation sites excluding steroid dienone is 4. The van der Waals surface area contributed by atoms with E-state index < -0.39 is 22.8 Å². The monoisotopic (exact) mass is 895 g/mol. The molecule has 2 aliphatic rings. The molecule has 1 unspecified atom stereocenters. The van der Waals surface area contributed by atoms with Crippen LogP contribution in [0.4, 0.5) is 0 Å². The van der Waals surface area contributed by atoms with Gasteiger partial charge in [-0.15, -0.1) is 0 Å². The summed E-state index contributed by atoms with van der Waals surface area (Å²) in [6.07, 6.45) is 8.01. The van der Waals surface area contributed by atoms with Gasteiger partial charge in [0.25, 0.3) is 0 Å². The van der Waals surface area contributed by atoms with E-state index in [-0.39, 0.29) is 39.3 Å². The first-order valence-electron chi connectivity index (χ1n) is 20.8. The second kappa shape index (κ2) is 17.8. The molecule has 0 N–H and O–H groups in total. The SMILES string of the molecule is CC(C)(C)c1cc(-c2ccccc2)c2c(c1)[CH]([Zr+2]=[C](c1ccccc1)c1ccccc1)c1c(C3=CC=CC3)c(C(C)(C)C)c(-c3ccccc3)c(-c3ccccc3)c1-2.[Cl-].[Cl-]. The quantitative estimate of drug-likeness (QED) is 0.150. The van der Waals surface area contributed by atoms with Crippen molar-refractivity contribution in [2.45, 2.75) is 62.4 Å². The number of halogens is 2. The van der Waals surface area contributed by atoms with Crippen LogP contribution in [-0.2, 0) is 33.6 Å². The van der Waals surface area contributed by atoms with E-state index in [9.17, 15) is 0 Å². The van der Waals surface area contributed by atoms with Crippen LogP contribution in [0.15, 0.2) is 182 Å². The van der Waals surface area contributed by atoms with Crippen LogP contribution >= 0.6 is 0 Å². The Labute approximate surface area is 381 Å². The summed E-state index contributed by atoms with van der Waals surface area (Å²) in [5, 5.41) is 0. The van der Waals surface area contributed by atoms with Crippen molar-refractivity contribution in [1.82, 2.24) is 0 Å². The van der Waals surface area contributed by atoms with E-state index in [0.717, 1.165) is 6.42 Å².